The summed E-state index contributed by atoms with van der Waals surface area (Å²) in [5.41, 5.74) is 3.02. The van der Waals surface area contributed by atoms with Crippen molar-refractivity contribution < 1.29 is 0 Å². The van der Waals surface area contributed by atoms with Gasteiger partial charge in [-0.05, 0) is 48.1 Å². The van der Waals surface area contributed by atoms with Crippen molar-refractivity contribution in [3.63, 3.8) is 0 Å². The molecule has 2 atom stereocenters. The molecule has 23 heavy (non-hydrogen) atoms. The van der Waals surface area contributed by atoms with Crippen LogP contribution in [0.5, 0.6) is 0 Å². The highest BCUT2D eigenvalue weighted by Crippen LogP contribution is 2.47. The molecule has 4 rings (SSSR count). The first-order chi connectivity index (χ1) is 11.2. The van der Waals surface area contributed by atoms with E-state index < -0.39 is 0 Å². The molecule has 2 aromatic heterocycles. The fourth-order valence-electron chi connectivity index (χ4n) is 3.28. The number of pyridine rings is 2. The van der Waals surface area contributed by atoms with Gasteiger partial charge in [-0.2, -0.15) is 0 Å². The summed E-state index contributed by atoms with van der Waals surface area (Å²) >= 11 is 6.41. The van der Waals surface area contributed by atoms with E-state index in [1.54, 1.807) is 0 Å². The number of rotatable bonds is 3. The first-order valence-corrected chi connectivity index (χ1v) is 8.69. The van der Waals surface area contributed by atoms with Gasteiger partial charge in [0.05, 0.1) is 10.7 Å². The van der Waals surface area contributed by atoms with E-state index in [2.05, 4.69) is 34.3 Å². The van der Waals surface area contributed by atoms with E-state index in [9.17, 15) is 0 Å². The van der Waals surface area contributed by atoms with Crippen molar-refractivity contribution in [1.29, 1.82) is 0 Å². The molecule has 120 valence electrons. The van der Waals surface area contributed by atoms with Gasteiger partial charge in [-0.3, -0.25) is 4.98 Å². The van der Waals surface area contributed by atoms with Crippen LogP contribution in [0.3, 0.4) is 0 Å². The van der Waals surface area contributed by atoms with E-state index in [1.807, 2.05) is 18.3 Å². The third kappa shape index (κ3) is 3.06. The van der Waals surface area contributed by atoms with Crippen molar-refractivity contribution in [3.05, 3.63) is 41.0 Å². The van der Waals surface area contributed by atoms with E-state index in [4.69, 9.17) is 16.6 Å². The predicted octanol–water partition coefficient (Wildman–Crippen LogP) is 3.33. The molecule has 5 heteroatoms. The maximum Gasteiger partial charge on any atom is 0.129 e. The van der Waals surface area contributed by atoms with E-state index in [0.29, 0.717) is 10.9 Å². The summed E-state index contributed by atoms with van der Waals surface area (Å²) in [5, 5.41) is 4.03. The van der Waals surface area contributed by atoms with Crippen LogP contribution in [0.1, 0.15) is 24.8 Å². The second-order valence-electron chi connectivity index (χ2n) is 6.53. The second kappa shape index (κ2) is 6.10. The maximum atomic E-state index is 6.41. The van der Waals surface area contributed by atoms with Crippen molar-refractivity contribution >= 4 is 17.4 Å². The molecule has 1 aliphatic carbocycles. The van der Waals surface area contributed by atoms with Crippen molar-refractivity contribution in [2.75, 3.05) is 31.1 Å². The Morgan fingerprint density at radius 2 is 2.00 bits per heavy atom. The summed E-state index contributed by atoms with van der Waals surface area (Å²) in [6.45, 7) is 6.23. The number of nitrogens with one attached hydrogen (secondary N) is 1. The van der Waals surface area contributed by atoms with E-state index in [1.165, 1.54) is 12.0 Å². The van der Waals surface area contributed by atoms with Gasteiger partial charge < -0.3 is 10.2 Å². The lowest BCUT2D eigenvalue weighted by molar-refractivity contribution is 0.585. The molecule has 0 radical (unpaired) electrons. The quantitative estimate of drug-likeness (QED) is 0.938. The van der Waals surface area contributed by atoms with Crippen molar-refractivity contribution in [3.8, 4) is 11.4 Å². The van der Waals surface area contributed by atoms with Gasteiger partial charge in [0.2, 0.25) is 0 Å². The summed E-state index contributed by atoms with van der Waals surface area (Å²) in [4.78, 5) is 11.6. The van der Waals surface area contributed by atoms with Gasteiger partial charge >= 0.3 is 0 Å². The largest absolute Gasteiger partial charge is 0.354 e. The van der Waals surface area contributed by atoms with Gasteiger partial charge in [0.25, 0.3) is 0 Å². The summed E-state index contributed by atoms with van der Waals surface area (Å²) in [6.07, 6.45) is 3.15. The number of aromatic nitrogens is 2. The number of halogens is 1. The van der Waals surface area contributed by atoms with Gasteiger partial charge in [-0.1, -0.05) is 18.5 Å². The molecule has 4 nitrogen and oxygen atoms in total. The molecule has 0 spiro atoms. The zero-order valence-electron chi connectivity index (χ0n) is 13.3. The number of nitrogens with zero attached hydrogens (tertiary/aromatic N) is 3. The zero-order chi connectivity index (χ0) is 15.8. The van der Waals surface area contributed by atoms with Crippen molar-refractivity contribution in [1.82, 2.24) is 15.3 Å². The lowest BCUT2D eigenvalue weighted by atomic mass is 10.1. The minimum absolute atomic E-state index is 0.664. The molecule has 1 saturated carbocycles. The Bertz CT molecular complexity index is 712. The number of hydrogen-bond donors (Lipinski definition) is 1. The van der Waals surface area contributed by atoms with E-state index >= 15 is 0 Å². The van der Waals surface area contributed by atoms with Gasteiger partial charge in [0.1, 0.15) is 11.5 Å². The Labute approximate surface area is 141 Å². The molecule has 0 bridgehead atoms. The number of piperazine rings is 1. The van der Waals surface area contributed by atoms with Crippen molar-refractivity contribution in [2.24, 2.45) is 5.92 Å². The fourth-order valence-corrected chi connectivity index (χ4v) is 3.48. The van der Waals surface area contributed by atoms with Crippen LogP contribution in [-0.4, -0.2) is 36.1 Å². The van der Waals surface area contributed by atoms with Crippen LogP contribution in [0, 0.1) is 5.92 Å². The topological polar surface area (TPSA) is 41.1 Å². The highest BCUT2D eigenvalue weighted by molar-refractivity contribution is 6.33. The summed E-state index contributed by atoms with van der Waals surface area (Å²) in [7, 11) is 0. The fraction of sp³-hybridized carbons (Fsp3) is 0.444. The van der Waals surface area contributed by atoms with Crippen LogP contribution in [0.2, 0.25) is 5.02 Å². The lowest BCUT2D eigenvalue weighted by Crippen LogP contribution is -2.43. The second-order valence-corrected chi connectivity index (χ2v) is 6.94. The smallest absolute Gasteiger partial charge is 0.129 e. The van der Waals surface area contributed by atoms with Crippen LogP contribution in [0.25, 0.3) is 11.4 Å². The monoisotopic (exact) mass is 328 g/mol. The maximum absolute atomic E-state index is 6.41. The Morgan fingerprint density at radius 3 is 2.74 bits per heavy atom. The molecular weight excluding hydrogens is 308 g/mol. The molecule has 2 aromatic rings. The van der Waals surface area contributed by atoms with Crippen LogP contribution >= 0.6 is 11.6 Å². The van der Waals surface area contributed by atoms with Gasteiger partial charge in [0.15, 0.2) is 0 Å². The van der Waals surface area contributed by atoms with Gasteiger partial charge in [-0.25, -0.2) is 4.98 Å². The summed E-state index contributed by atoms with van der Waals surface area (Å²) < 4.78 is 0. The number of anilines is 1. The zero-order valence-corrected chi connectivity index (χ0v) is 14.1. The lowest BCUT2D eigenvalue weighted by Gasteiger charge is -2.28. The Kier molecular flexibility index (Phi) is 3.95. The van der Waals surface area contributed by atoms with E-state index in [-0.39, 0.29) is 0 Å². The average molecular weight is 329 g/mol. The molecule has 1 aliphatic heterocycles. The molecule has 1 saturated heterocycles. The standard InChI is InChI=1S/C18H21ClN4/c1-12-10-14(12)13-4-5-21-16(11-13)18-15(19)2-3-17(22-18)23-8-6-20-7-9-23/h2-5,11-12,14,20H,6-10H2,1H3/t12?,14-/m0/s1. The average Bonchev–Trinajstić information content (AvgIpc) is 3.33. The Hall–Kier alpha value is -1.65. The molecule has 3 heterocycles. The van der Waals surface area contributed by atoms with Crippen LogP contribution in [-0.2, 0) is 0 Å². The minimum Gasteiger partial charge on any atom is -0.354 e. The number of hydrogen-bond acceptors (Lipinski definition) is 4. The first kappa shape index (κ1) is 14.9. The third-order valence-corrected chi connectivity index (χ3v) is 5.14. The SMILES string of the molecule is CC1C[C@@H]1c1ccnc(-c2nc(N3CCNCC3)ccc2Cl)c1. The molecule has 2 fully saturated rings. The van der Waals surface area contributed by atoms with Gasteiger partial charge in [-0.15, -0.1) is 0 Å². The first-order valence-electron chi connectivity index (χ1n) is 8.31. The molecular formula is C18H21ClN4. The molecule has 0 aromatic carbocycles. The molecule has 2 aliphatic rings. The molecule has 1 N–H and O–H groups in total. The highest BCUT2D eigenvalue weighted by atomic mass is 35.5. The minimum atomic E-state index is 0.664. The third-order valence-electron chi connectivity index (χ3n) is 4.84. The highest BCUT2D eigenvalue weighted by Gasteiger charge is 2.34. The Balaban J connectivity index is 1.67. The predicted molar refractivity (Wildman–Crippen MR) is 94.1 cm³/mol. The van der Waals surface area contributed by atoms with Crippen LogP contribution < -0.4 is 10.2 Å². The molecule has 0 amide bonds. The van der Waals surface area contributed by atoms with Crippen LogP contribution in [0.4, 0.5) is 5.82 Å². The normalized spacial score (nSPS) is 23.8. The Morgan fingerprint density at radius 1 is 1.22 bits per heavy atom. The van der Waals surface area contributed by atoms with E-state index in [0.717, 1.165) is 49.3 Å². The van der Waals surface area contributed by atoms with Crippen molar-refractivity contribution in [2.45, 2.75) is 19.3 Å². The van der Waals surface area contributed by atoms with Gasteiger partial charge in [0, 0.05) is 32.4 Å². The molecule has 1 unspecified atom stereocenters. The summed E-state index contributed by atoms with van der Waals surface area (Å²) in [5.74, 6) is 2.44. The summed E-state index contributed by atoms with van der Waals surface area (Å²) in [6, 6.07) is 8.22. The van der Waals surface area contributed by atoms with Crippen LogP contribution in [0.15, 0.2) is 30.5 Å².